The number of aryl methyl sites for hydroxylation is 2. The number of fused-ring (bicyclic) bond motifs is 1. The minimum absolute atomic E-state index is 0.0952. The molecule has 0 radical (unpaired) electrons. The molecule has 0 fully saturated rings. The lowest BCUT2D eigenvalue weighted by Gasteiger charge is -2.24. The molecular weight excluding hydrogens is 262 g/mol. The van der Waals surface area contributed by atoms with E-state index in [1.165, 1.54) is 16.7 Å². The van der Waals surface area contributed by atoms with Gasteiger partial charge in [-0.3, -0.25) is 0 Å². The van der Waals surface area contributed by atoms with E-state index in [9.17, 15) is 0 Å². The van der Waals surface area contributed by atoms with E-state index >= 15 is 0 Å². The fourth-order valence-electron chi connectivity index (χ4n) is 2.76. The Labute approximate surface area is 125 Å². The van der Waals surface area contributed by atoms with Crippen LogP contribution in [-0.4, -0.2) is 13.2 Å². The third-order valence-corrected chi connectivity index (χ3v) is 3.94. The summed E-state index contributed by atoms with van der Waals surface area (Å²) in [4.78, 5) is 0. The first-order chi connectivity index (χ1) is 10.1. The smallest absolute Gasteiger partial charge is 0.166 e. The second-order valence-electron chi connectivity index (χ2n) is 5.61. The molecule has 0 aromatic heterocycles. The van der Waals surface area contributed by atoms with Gasteiger partial charge in [0.05, 0.1) is 0 Å². The standard InChI is InChI=1S/C18H21NO2/c1-12-6-7-13(2)14(10-12)11-16(19)15-4-3-5-17-18(15)21-9-8-20-17/h3-7,10,16H,8-9,11,19H2,1-2H3. The van der Waals surface area contributed by atoms with E-state index in [0.29, 0.717) is 13.2 Å². The van der Waals surface area contributed by atoms with Gasteiger partial charge in [0.1, 0.15) is 13.2 Å². The van der Waals surface area contributed by atoms with Gasteiger partial charge in [-0.15, -0.1) is 0 Å². The lowest BCUT2D eigenvalue weighted by molar-refractivity contribution is 0.169. The quantitative estimate of drug-likeness (QED) is 0.940. The molecule has 1 aliphatic heterocycles. The van der Waals surface area contributed by atoms with Crippen LogP contribution in [0.5, 0.6) is 11.5 Å². The largest absolute Gasteiger partial charge is 0.486 e. The topological polar surface area (TPSA) is 44.5 Å². The van der Waals surface area contributed by atoms with Gasteiger partial charge in [0, 0.05) is 11.6 Å². The van der Waals surface area contributed by atoms with Crippen molar-refractivity contribution in [2.45, 2.75) is 26.3 Å². The van der Waals surface area contributed by atoms with Gasteiger partial charge < -0.3 is 15.2 Å². The van der Waals surface area contributed by atoms with Crippen molar-refractivity contribution < 1.29 is 9.47 Å². The van der Waals surface area contributed by atoms with E-state index in [2.05, 4.69) is 32.0 Å². The summed E-state index contributed by atoms with van der Waals surface area (Å²) < 4.78 is 11.4. The predicted molar refractivity (Wildman–Crippen MR) is 84.0 cm³/mol. The SMILES string of the molecule is Cc1ccc(C)c(CC(N)c2cccc3c2OCCO3)c1. The van der Waals surface area contributed by atoms with E-state index in [-0.39, 0.29) is 6.04 Å². The van der Waals surface area contributed by atoms with E-state index in [4.69, 9.17) is 15.2 Å². The Bertz CT molecular complexity index is 652. The summed E-state index contributed by atoms with van der Waals surface area (Å²) in [6.45, 7) is 5.42. The molecule has 0 amide bonds. The van der Waals surface area contributed by atoms with E-state index in [1.54, 1.807) is 0 Å². The Kier molecular flexibility index (Phi) is 3.84. The molecule has 1 heterocycles. The molecule has 3 nitrogen and oxygen atoms in total. The van der Waals surface area contributed by atoms with Crippen molar-refractivity contribution >= 4 is 0 Å². The van der Waals surface area contributed by atoms with Crippen molar-refractivity contribution in [2.75, 3.05) is 13.2 Å². The molecule has 0 saturated heterocycles. The molecule has 1 aliphatic rings. The zero-order valence-electron chi connectivity index (χ0n) is 12.6. The average Bonchev–Trinajstić information content (AvgIpc) is 2.50. The molecule has 3 rings (SSSR count). The average molecular weight is 283 g/mol. The minimum Gasteiger partial charge on any atom is -0.486 e. The number of nitrogens with two attached hydrogens (primary N) is 1. The highest BCUT2D eigenvalue weighted by molar-refractivity contribution is 5.49. The van der Waals surface area contributed by atoms with Gasteiger partial charge in [-0.25, -0.2) is 0 Å². The van der Waals surface area contributed by atoms with Gasteiger partial charge in [0.2, 0.25) is 0 Å². The Morgan fingerprint density at radius 1 is 1.10 bits per heavy atom. The Balaban J connectivity index is 1.89. The molecule has 1 unspecified atom stereocenters. The van der Waals surface area contributed by atoms with Crippen molar-refractivity contribution in [2.24, 2.45) is 5.73 Å². The van der Waals surface area contributed by atoms with Crippen LogP contribution < -0.4 is 15.2 Å². The summed E-state index contributed by atoms with van der Waals surface area (Å²) in [7, 11) is 0. The minimum atomic E-state index is -0.0952. The second-order valence-corrected chi connectivity index (χ2v) is 5.61. The normalized spacial score (nSPS) is 14.8. The summed E-state index contributed by atoms with van der Waals surface area (Å²) in [6, 6.07) is 12.3. The van der Waals surface area contributed by atoms with Crippen molar-refractivity contribution in [1.29, 1.82) is 0 Å². The fourth-order valence-corrected chi connectivity index (χ4v) is 2.76. The van der Waals surface area contributed by atoms with Gasteiger partial charge in [0.15, 0.2) is 11.5 Å². The summed E-state index contributed by atoms with van der Waals surface area (Å²) in [5.74, 6) is 1.61. The molecule has 2 N–H and O–H groups in total. The predicted octanol–water partition coefficient (Wildman–Crippen LogP) is 3.32. The molecule has 0 saturated carbocycles. The van der Waals surface area contributed by atoms with E-state index in [0.717, 1.165) is 23.5 Å². The van der Waals surface area contributed by atoms with Gasteiger partial charge in [-0.05, 0) is 37.5 Å². The van der Waals surface area contributed by atoms with Crippen LogP contribution in [0.3, 0.4) is 0 Å². The maximum atomic E-state index is 6.43. The molecule has 0 bridgehead atoms. The number of hydrogen-bond donors (Lipinski definition) is 1. The van der Waals surface area contributed by atoms with Gasteiger partial charge in [-0.1, -0.05) is 35.9 Å². The molecule has 1 atom stereocenters. The monoisotopic (exact) mass is 283 g/mol. The van der Waals surface area contributed by atoms with Crippen LogP contribution in [-0.2, 0) is 6.42 Å². The Morgan fingerprint density at radius 2 is 1.90 bits per heavy atom. The highest BCUT2D eigenvalue weighted by Gasteiger charge is 2.20. The number of benzene rings is 2. The molecule has 3 heteroatoms. The van der Waals surface area contributed by atoms with Crippen molar-refractivity contribution in [3.63, 3.8) is 0 Å². The van der Waals surface area contributed by atoms with Crippen LogP contribution >= 0.6 is 0 Å². The van der Waals surface area contributed by atoms with Gasteiger partial charge >= 0.3 is 0 Å². The van der Waals surface area contributed by atoms with Crippen molar-refractivity contribution in [1.82, 2.24) is 0 Å². The molecule has 2 aromatic carbocycles. The lowest BCUT2D eigenvalue weighted by Crippen LogP contribution is -2.20. The number of ether oxygens (including phenoxy) is 2. The molecule has 110 valence electrons. The Hall–Kier alpha value is -2.00. The van der Waals surface area contributed by atoms with Crippen molar-refractivity contribution in [3.05, 3.63) is 58.7 Å². The van der Waals surface area contributed by atoms with Crippen LogP contribution in [0.1, 0.15) is 28.3 Å². The number of hydrogen-bond acceptors (Lipinski definition) is 3. The highest BCUT2D eigenvalue weighted by atomic mass is 16.6. The third kappa shape index (κ3) is 2.88. The first-order valence-corrected chi connectivity index (χ1v) is 7.35. The van der Waals surface area contributed by atoms with E-state index in [1.807, 2.05) is 18.2 Å². The van der Waals surface area contributed by atoms with Crippen LogP contribution in [0, 0.1) is 13.8 Å². The summed E-state index contributed by atoms with van der Waals surface area (Å²) in [5.41, 5.74) is 11.3. The first kappa shape index (κ1) is 14.0. The van der Waals surface area contributed by atoms with Crippen LogP contribution in [0.2, 0.25) is 0 Å². The molecule has 0 spiro atoms. The highest BCUT2D eigenvalue weighted by Crippen LogP contribution is 2.37. The number of rotatable bonds is 3. The molecule has 0 aliphatic carbocycles. The van der Waals surface area contributed by atoms with Crippen LogP contribution in [0.25, 0.3) is 0 Å². The first-order valence-electron chi connectivity index (χ1n) is 7.35. The van der Waals surface area contributed by atoms with Gasteiger partial charge in [0.25, 0.3) is 0 Å². The lowest BCUT2D eigenvalue weighted by atomic mass is 9.94. The zero-order valence-corrected chi connectivity index (χ0v) is 12.6. The molecular formula is C18H21NO2. The van der Waals surface area contributed by atoms with Crippen LogP contribution in [0.4, 0.5) is 0 Å². The van der Waals surface area contributed by atoms with Crippen LogP contribution in [0.15, 0.2) is 36.4 Å². The maximum absolute atomic E-state index is 6.43. The summed E-state index contributed by atoms with van der Waals surface area (Å²) >= 11 is 0. The molecule has 21 heavy (non-hydrogen) atoms. The maximum Gasteiger partial charge on any atom is 0.166 e. The van der Waals surface area contributed by atoms with Gasteiger partial charge in [-0.2, -0.15) is 0 Å². The van der Waals surface area contributed by atoms with E-state index < -0.39 is 0 Å². The summed E-state index contributed by atoms with van der Waals surface area (Å²) in [6.07, 6.45) is 0.799. The fraction of sp³-hybridized carbons (Fsp3) is 0.333. The second kappa shape index (κ2) is 5.78. The third-order valence-electron chi connectivity index (χ3n) is 3.94. The summed E-state index contributed by atoms with van der Waals surface area (Å²) in [5, 5.41) is 0. The zero-order chi connectivity index (χ0) is 14.8. The molecule has 2 aromatic rings. The van der Waals surface area contributed by atoms with Crippen molar-refractivity contribution in [3.8, 4) is 11.5 Å². The number of para-hydroxylation sites is 1. The Morgan fingerprint density at radius 3 is 2.76 bits per heavy atom.